The molecule has 2 nitrogen and oxygen atoms in total. The molecule has 0 saturated heterocycles. The normalized spacial score (nSPS) is 6.62. The van der Waals surface area contributed by atoms with E-state index in [1.54, 1.807) is 6.20 Å². The Bertz CT molecular complexity index is 110. The van der Waals surface area contributed by atoms with E-state index >= 15 is 0 Å². The van der Waals surface area contributed by atoms with Crippen molar-refractivity contribution in [2.45, 2.75) is 21.8 Å². The lowest BCUT2D eigenvalue weighted by Crippen LogP contribution is -1.53. The van der Waals surface area contributed by atoms with Gasteiger partial charge in [-0.2, -0.15) is 5.10 Å². The Labute approximate surface area is 50.9 Å². The summed E-state index contributed by atoms with van der Waals surface area (Å²) < 4.78 is 0. The highest BCUT2D eigenvalue weighted by atomic mass is 15.1. The van der Waals surface area contributed by atoms with Gasteiger partial charge in [-0.05, 0) is 12.5 Å². The lowest BCUT2D eigenvalue weighted by Gasteiger charge is -1.62. The molecule has 0 aromatic carbocycles. The second-order valence-electron chi connectivity index (χ2n) is 1.28. The standard InChI is InChI=1S/C4H6N2.2CH4/c1-4-2-5-6-3-4;;/h2-3H,1H3,(H,5,6);2*1H4. The van der Waals surface area contributed by atoms with Crippen LogP contribution in [0.25, 0.3) is 0 Å². The van der Waals surface area contributed by atoms with E-state index in [1.165, 1.54) is 5.56 Å². The van der Waals surface area contributed by atoms with Crippen LogP contribution in [0.2, 0.25) is 0 Å². The van der Waals surface area contributed by atoms with Gasteiger partial charge in [-0.1, -0.05) is 14.9 Å². The number of hydrogen-bond acceptors (Lipinski definition) is 1. The minimum absolute atomic E-state index is 0. The van der Waals surface area contributed by atoms with Gasteiger partial charge in [0, 0.05) is 6.20 Å². The van der Waals surface area contributed by atoms with E-state index in [2.05, 4.69) is 10.2 Å². The Balaban J connectivity index is 0. The molecule has 0 bridgehead atoms. The van der Waals surface area contributed by atoms with Gasteiger partial charge >= 0.3 is 0 Å². The van der Waals surface area contributed by atoms with Crippen molar-refractivity contribution >= 4 is 0 Å². The molecule has 1 rings (SSSR count). The van der Waals surface area contributed by atoms with Gasteiger partial charge in [0.25, 0.3) is 0 Å². The van der Waals surface area contributed by atoms with Crippen LogP contribution >= 0.6 is 0 Å². The van der Waals surface area contributed by atoms with Crippen molar-refractivity contribution in [3.05, 3.63) is 18.0 Å². The maximum absolute atomic E-state index is 3.70. The zero-order chi connectivity index (χ0) is 4.41. The fourth-order valence-electron chi connectivity index (χ4n) is 0.315. The van der Waals surface area contributed by atoms with Crippen LogP contribution in [0.15, 0.2) is 12.4 Å². The zero-order valence-corrected chi connectivity index (χ0v) is 3.60. The first-order valence-electron chi connectivity index (χ1n) is 1.85. The van der Waals surface area contributed by atoms with Gasteiger partial charge in [0.05, 0.1) is 6.20 Å². The van der Waals surface area contributed by atoms with E-state index < -0.39 is 0 Å². The van der Waals surface area contributed by atoms with Crippen LogP contribution < -0.4 is 0 Å². The molecule has 48 valence electrons. The van der Waals surface area contributed by atoms with E-state index in [9.17, 15) is 0 Å². The number of nitrogens with zero attached hydrogens (tertiary/aromatic N) is 1. The Hall–Kier alpha value is -0.790. The van der Waals surface area contributed by atoms with Crippen LogP contribution in [0, 0.1) is 6.92 Å². The quantitative estimate of drug-likeness (QED) is 0.549. The van der Waals surface area contributed by atoms with Crippen molar-refractivity contribution in [3.8, 4) is 0 Å². The summed E-state index contributed by atoms with van der Waals surface area (Å²) in [5.41, 5.74) is 1.18. The van der Waals surface area contributed by atoms with Crippen LogP contribution in [-0.4, -0.2) is 10.2 Å². The second kappa shape index (κ2) is 4.37. The van der Waals surface area contributed by atoms with Crippen LogP contribution in [0.4, 0.5) is 0 Å². The highest BCUT2D eigenvalue weighted by Crippen LogP contribution is 1.84. The van der Waals surface area contributed by atoms with Crippen molar-refractivity contribution in [1.29, 1.82) is 0 Å². The summed E-state index contributed by atoms with van der Waals surface area (Å²) in [7, 11) is 0. The SMILES string of the molecule is C.C.Cc1cn[nH]c1. The van der Waals surface area contributed by atoms with Gasteiger partial charge in [0.15, 0.2) is 0 Å². The smallest absolute Gasteiger partial charge is 0.0516 e. The third-order valence-electron chi connectivity index (χ3n) is 0.635. The Morgan fingerprint density at radius 2 is 2.12 bits per heavy atom. The van der Waals surface area contributed by atoms with Crippen LogP contribution in [-0.2, 0) is 0 Å². The molecule has 0 amide bonds. The van der Waals surface area contributed by atoms with E-state index in [0.29, 0.717) is 0 Å². The molecule has 8 heavy (non-hydrogen) atoms. The first-order chi connectivity index (χ1) is 2.89. The molecule has 1 N–H and O–H groups in total. The Morgan fingerprint density at radius 3 is 2.25 bits per heavy atom. The molecule has 2 heteroatoms. The number of nitrogens with one attached hydrogen (secondary N) is 1. The predicted molar refractivity (Wildman–Crippen MR) is 36.8 cm³/mol. The summed E-state index contributed by atoms with van der Waals surface area (Å²) in [4.78, 5) is 0. The molecular weight excluding hydrogens is 100 g/mol. The summed E-state index contributed by atoms with van der Waals surface area (Å²) >= 11 is 0. The molecule has 0 aliphatic carbocycles. The third-order valence-corrected chi connectivity index (χ3v) is 0.635. The minimum Gasteiger partial charge on any atom is -0.285 e. The average Bonchev–Trinajstić information content (AvgIpc) is 1.86. The largest absolute Gasteiger partial charge is 0.285 e. The highest BCUT2D eigenvalue weighted by Gasteiger charge is 1.74. The molecule has 0 aliphatic rings. The summed E-state index contributed by atoms with van der Waals surface area (Å²) in [6, 6.07) is 0. The van der Waals surface area contributed by atoms with E-state index in [4.69, 9.17) is 0 Å². The number of aryl methyl sites for hydroxylation is 1. The predicted octanol–water partition coefficient (Wildman–Crippen LogP) is 1.99. The molecular formula is C6H14N2. The fourth-order valence-corrected chi connectivity index (χ4v) is 0.315. The summed E-state index contributed by atoms with van der Waals surface area (Å²) in [6.45, 7) is 1.99. The second-order valence-corrected chi connectivity index (χ2v) is 1.28. The molecule has 1 aromatic heterocycles. The molecule has 1 heterocycles. The number of aromatic amines is 1. The number of H-pyrrole nitrogens is 1. The van der Waals surface area contributed by atoms with Gasteiger partial charge < -0.3 is 0 Å². The highest BCUT2D eigenvalue weighted by molar-refractivity contribution is 4.96. The van der Waals surface area contributed by atoms with Crippen LogP contribution in [0.1, 0.15) is 20.4 Å². The Morgan fingerprint density at radius 1 is 1.50 bits per heavy atom. The minimum atomic E-state index is 0. The molecule has 0 atom stereocenters. The first kappa shape index (κ1) is 10.2. The van der Waals surface area contributed by atoms with Gasteiger partial charge in [-0.25, -0.2) is 0 Å². The monoisotopic (exact) mass is 114 g/mol. The molecule has 0 radical (unpaired) electrons. The number of rotatable bonds is 0. The fraction of sp³-hybridized carbons (Fsp3) is 0.500. The Kier molecular flexibility index (Phi) is 5.60. The van der Waals surface area contributed by atoms with Gasteiger partial charge in [-0.3, -0.25) is 5.10 Å². The van der Waals surface area contributed by atoms with E-state index in [0.717, 1.165) is 0 Å². The molecule has 0 fully saturated rings. The summed E-state index contributed by atoms with van der Waals surface area (Å²) in [5, 5.41) is 6.38. The maximum atomic E-state index is 3.70. The van der Waals surface area contributed by atoms with E-state index in [-0.39, 0.29) is 14.9 Å². The van der Waals surface area contributed by atoms with Crippen LogP contribution in [0.5, 0.6) is 0 Å². The number of hydrogen-bond donors (Lipinski definition) is 1. The molecule has 0 unspecified atom stereocenters. The number of aromatic nitrogens is 2. The van der Waals surface area contributed by atoms with Crippen molar-refractivity contribution in [1.82, 2.24) is 10.2 Å². The van der Waals surface area contributed by atoms with Gasteiger partial charge in [0.2, 0.25) is 0 Å². The van der Waals surface area contributed by atoms with Crippen molar-refractivity contribution in [2.24, 2.45) is 0 Å². The first-order valence-corrected chi connectivity index (χ1v) is 1.85. The summed E-state index contributed by atoms with van der Waals surface area (Å²) in [5.74, 6) is 0. The molecule has 1 aromatic rings. The third kappa shape index (κ3) is 2.39. The average molecular weight is 114 g/mol. The van der Waals surface area contributed by atoms with Crippen molar-refractivity contribution < 1.29 is 0 Å². The van der Waals surface area contributed by atoms with Crippen molar-refractivity contribution in [2.75, 3.05) is 0 Å². The topological polar surface area (TPSA) is 28.7 Å². The lowest BCUT2D eigenvalue weighted by atomic mass is 10.4. The lowest BCUT2D eigenvalue weighted by molar-refractivity contribution is 1.09. The van der Waals surface area contributed by atoms with Gasteiger partial charge in [-0.15, -0.1) is 0 Å². The van der Waals surface area contributed by atoms with Gasteiger partial charge in [0.1, 0.15) is 0 Å². The van der Waals surface area contributed by atoms with Crippen LogP contribution in [0.3, 0.4) is 0 Å². The summed E-state index contributed by atoms with van der Waals surface area (Å²) in [6.07, 6.45) is 3.62. The van der Waals surface area contributed by atoms with E-state index in [1.807, 2.05) is 13.1 Å². The molecule has 0 saturated carbocycles. The molecule has 0 spiro atoms. The van der Waals surface area contributed by atoms with Crippen molar-refractivity contribution in [3.63, 3.8) is 0 Å². The zero-order valence-electron chi connectivity index (χ0n) is 3.60. The molecule has 0 aliphatic heterocycles. The maximum Gasteiger partial charge on any atom is 0.0516 e.